The first-order chi connectivity index (χ1) is 19.5. The third-order valence-electron chi connectivity index (χ3n) is 10.5. The van der Waals surface area contributed by atoms with E-state index < -0.39 is 5.41 Å². The Labute approximate surface area is 239 Å². The van der Waals surface area contributed by atoms with Crippen LogP contribution in [0.2, 0.25) is 0 Å². The molecule has 6 rings (SSSR count). The number of likely N-dealkylation sites (tertiary alicyclic amines) is 1. The quantitative estimate of drug-likeness (QED) is 0.334. The van der Waals surface area contributed by atoms with Gasteiger partial charge in [-0.15, -0.1) is 0 Å². The average molecular weight is 537 g/mol. The van der Waals surface area contributed by atoms with Crippen LogP contribution in [0.1, 0.15) is 75.0 Å². The second-order valence-corrected chi connectivity index (χ2v) is 12.8. The molecule has 0 spiro atoms. The molecule has 3 aromatic carbocycles. The van der Waals surface area contributed by atoms with Crippen molar-refractivity contribution in [2.75, 3.05) is 13.1 Å². The fourth-order valence-electron chi connectivity index (χ4n) is 8.35. The van der Waals surface area contributed by atoms with Gasteiger partial charge in [0.25, 0.3) is 0 Å². The van der Waals surface area contributed by atoms with E-state index in [1.54, 1.807) is 6.07 Å². The van der Waals surface area contributed by atoms with Gasteiger partial charge in [-0.05, 0) is 86.2 Å². The number of nitrogens with zero attached hydrogens (tertiary/aromatic N) is 1. The van der Waals surface area contributed by atoms with Gasteiger partial charge in [-0.3, -0.25) is 9.69 Å². The number of amides is 1. The van der Waals surface area contributed by atoms with Crippen molar-refractivity contribution in [3.8, 4) is 5.75 Å². The monoisotopic (exact) mass is 536 g/mol. The van der Waals surface area contributed by atoms with E-state index in [9.17, 15) is 9.90 Å². The summed E-state index contributed by atoms with van der Waals surface area (Å²) in [7, 11) is 0. The first-order valence-electron chi connectivity index (χ1n) is 15.4. The predicted molar refractivity (Wildman–Crippen MR) is 161 cm³/mol. The normalized spacial score (nSPS) is 27.8. The summed E-state index contributed by atoms with van der Waals surface area (Å²) in [6.07, 6.45) is 9.31. The second kappa shape index (κ2) is 11.4. The van der Waals surface area contributed by atoms with Crippen LogP contribution in [0.3, 0.4) is 0 Å². The molecule has 2 bridgehead atoms. The molecule has 2 N–H and O–H groups in total. The van der Waals surface area contributed by atoms with Gasteiger partial charge in [0.1, 0.15) is 5.75 Å². The van der Waals surface area contributed by atoms with Gasteiger partial charge >= 0.3 is 0 Å². The fourth-order valence-corrected chi connectivity index (χ4v) is 8.35. The zero-order valence-electron chi connectivity index (χ0n) is 23.9. The van der Waals surface area contributed by atoms with E-state index in [-0.39, 0.29) is 17.4 Å². The summed E-state index contributed by atoms with van der Waals surface area (Å²) in [5, 5.41) is 14.1. The lowest BCUT2D eigenvalue weighted by atomic mass is 9.57. The van der Waals surface area contributed by atoms with Crippen molar-refractivity contribution >= 4 is 5.91 Å². The lowest BCUT2D eigenvalue weighted by Gasteiger charge is -2.57. The minimum absolute atomic E-state index is 0.0505. The molecule has 4 heteroatoms. The Balaban J connectivity index is 1.25. The highest BCUT2D eigenvalue weighted by atomic mass is 16.3. The predicted octanol–water partition coefficient (Wildman–Crippen LogP) is 6.76. The van der Waals surface area contributed by atoms with Crippen molar-refractivity contribution in [2.45, 2.75) is 87.6 Å². The zero-order valence-corrected chi connectivity index (χ0v) is 23.9. The number of hydrogen-bond acceptors (Lipinski definition) is 3. The molecule has 2 saturated carbocycles. The summed E-state index contributed by atoms with van der Waals surface area (Å²) in [6, 6.07) is 29.7. The maximum Gasteiger partial charge on any atom is 0.230 e. The van der Waals surface area contributed by atoms with E-state index in [1.165, 1.54) is 16.7 Å². The molecule has 1 amide bonds. The summed E-state index contributed by atoms with van der Waals surface area (Å²) in [4.78, 5) is 16.9. The number of aryl methyl sites for hydroxylation is 1. The van der Waals surface area contributed by atoms with Gasteiger partial charge in [0, 0.05) is 24.0 Å². The fraction of sp³-hybridized carbons (Fsp3) is 0.472. The largest absolute Gasteiger partial charge is 0.508 e. The molecule has 2 aliphatic carbocycles. The van der Waals surface area contributed by atoms with Crippen molar-refractivity contribution in [1.29, 1.82) is 0 Å². The Morgan fingerprint density at radius 2 is 1.62 bits per heavy atom. The number of phenols is 1. The molecule has 40 heavy (non-hydrogen) atoms. The molecular weight excluding hydrogens is 492 g/mol. The number of aromatic hydroxyl groups is 1. The maximum absolute atomic E-state index is 14.2. The summed E-state index contributed by atoms with van der Waals surface area (Å²) < 4.78 is 0. The average Bonchev–Trinajstić information content (AvgIpc) is 3.48. The van der Waals surface area contributed by atoms with E-state index in [4.69, 9.17) is 0 Å². The standard InChI is InChI=1S/C36H44N2O2/c1-27-26-38(21-11-14-28-12-4-2-5-13-28)32-23-31(24-36(27,25-32)30-17-10-18-33(39)22-30)37-34(40)35(19-8-9-20-35)29-15-6-3-7-16-29/h2-7,10,12-13,15-18,22,27,31-32,39H,8-9,11,14,19-21,23-26H2,1H3,(H,37,40)/t27?,31-,32?,36-/m1/s1. The second-order valence-electron chi connectivity index (χ2n) is 12.8. The first-order valence-corrected chi connectivity index (χ1v) is 15.4. The molecule has 3 aliphatic rings. The number of phenolic OH excluding ortho intramolecular Hbond substituents is 1. The van der Waals surface area contributed by atoms with Crippen molar-refractivity contribution in [3.05, 3.63) is 102 Å². The van der Waals surface area contributed by atoms with Crippen LogP contribution in [-0.4, -0.2) is 41.1 Å². The molecule has 4 nitrogen and oxygen atoms in total. The van der Waals surface area contributed by atoms with Crippen molar-refractivity contribution < 1.29 is 9.90 Å². The Morgan fingerprint density at radius 3 is 2.35 bits per heavy atom. The minimum Gasteiger partial charge on any atom is -0.508 e. The van der Waals surface area contributed by atoms with Crippen LogP contribution in [0, 0.1) is 5.92 Å². The van der Waals surface area contributed by atoms with Crippen molar-refractivity contribution in [3.63, 3.8) is 0 Å². The summed E-state index contributed by atoms with van der Waals surface area (Å²) >= 11 is 0. The van der Waals surface area contributed by atoms with Gasteiger partial charge < -0.3 is 10.4 Å². The van der Waals surface area contributed by atoms with Crippen LogP contribution < -0.4 is 5.32 Å². The third-order valence-corrected chi connectivity index (χ3v) is 10.5. The molecule has 1 saturated heterocycles. The Bertz CT molecular complexity index is 1290. The number of piperidine rings is 1. The molecule has 3 fully saturated rings. The zero-order chi connectivity index (χ0) is 27.6. The van der Waals surface area contributed by atoms with Crippen molar-refractivity contribution in [2.24, 2.45) is 5.92 Å². The molecule has 0 radical (unpaired) electrons. The number of rotatable bonds is 8. The van der Waals surface area contributed by atoms with Crippen LogP contribution >= 0.6 is 0 Å². The molecule has 210 valence electrons. The number of nitrogens with one attached hydrogen (secondary N) is 1. The van der Waals surface area contributed by atoms with Gasteiger partial charge in [0.15, 0.2) is 0 Å². The summed E-state index contributed by atoms with van der Waals surface area (Å²) in [5.41, 5.74) is 3.34. The molecule has 1 aliphatic heterocycles. The number of carbonyl (C=O) groups is 1. The van der Waals surface area contributed by atoms with Crippen LogP contribution in [0.4, 0.5) is 0 Å². The van der Waals surface area contributed by atoms with E-state index in [1.807, 2.05) is 18.2 Å². The van der Waals surface area contributed by atoms with Crippen LogP contribution in [0.25, 0.3) is 0 Å². The highest BCUT2D eigenvalue weighted by Gasteiger charge is 2.52. The van der Waals surface area contributed by atoms with Crippen LogP contribution in [-0.2, 0) is 22.0 Å². The first kappa shape index (κ1) is 27.1. The van der Waals surface area contributed by atoms with E-state index >= 15 is 0 Å². The Morgan fingerprint density at radius 1 is 0.925 bits per heavy atom. The van der Waals surface area contributed by atoms with Gasteiger partial charge in [-0.25, -0.2) is 0 Å². The Kier molecular flexibility index (Phi) is 7.72. The molecule has 1 heterocycles. The smallest absolute Gasteiger partial charge is 0.230 e. The van der Waals surface area contributed by atoms with Crippen LogP contribution in [0.5, 0.6) is 5.75 Å². The number of fused-ring (bicyclic) bond motifs is 2. The Hall–Kier alpha value is -3.11. The van der Waals surface area contributed by atoms with Crippen molar-refractivity contribution in [1.82, 2.24) is 10.2 Å². The van der Waals surface area contributed by atoms with Gasteiger partial charge in [-0.2, -0.15) is 0 Å². The number of hydrogen-bond donors (Lipinski definition) is 2. The molecule has 2 unspecified atom stereocenters. The highest BCUT2D eigenvalue weighted by molar-refractivity contribution is 5.88. The third kappa shape index (κ3) is 5.19. The van der Waals surface area contributed by atoms with Gasteiger partial charge in [-0.1, -0.05) is 92.6 Å². The lowest BCUT2D eigenvalue weighted by Crippen LogP contribution is -2.62. The molecule has 3 aromatic rings. The van der Waals surface area contributed by atoms with Crippen LogP contribution in [0.15, 0.2) is 84.9 Å². The molecule has 4 atom stereocenters. The minimum atomic E-state index is -0.410. The van der Waals surface area contributed by atoms with E-state index in [0.717, 1.165) is 70.9 Å². The number of carbonyl (C=O) groups excluding carboxylic acids is 1. The van der Waals surface area contributed by atoms with Gasteiger partial charge in [0.05, 0.1) is 5.41 Å². The lowest BCUT2D eigenvalue weighted by molar-refractivity contribution is -0.128. The topological polar surface area (TPSA) is 52.6 Å². The summed E-state index contributed by atoms with van der Waals surface area (Å²) in [5.74, 6) is 0.980. The number of benzene rings is 3. The van der Waals surface area contributed by atoms with E-state index in [0.29, 0.717) is 17.7 Å². The SMILES string of the molecule is CC1CN(CCCc2ccccc2)C2C[C@@H](NC(=O)C3(c4ccccc4)CCCC3)C[C@@]1(c1cccc(O)c1)C2. The summed E-state index contributed by atoms with van der Waals surface area (Å²) in [6.45, 7) is 4.52. The van der Waals surface area contributed by atoms with Gasteiger partial charge in [0.2, 0.25) is 5.91 Å². The van der Waals surface area contributed by atoms with E-state index in [2.05, 4.69) is 77.8 Å². The molecular formula is C36H44N2O2. The molecule has 0 aromatic heterocycles. The maximum atomic E-state index is 14.2. The highest BCUT2D eigenvalue weighted by Crippen LogP contribution is 2.51.